The lowest BCUT2D eigenvalue weighted by atomic mass is 10.2. The van der Waals surface area contributed by atoms with Gasteiger partial charge in [-0.25, -0.2) is 4.98 Å². The Labute approximate surface area is 155 Å². The van der Waals surface area contributed by atoms with Crippen molar-refractivity contribution in [2.75, 3.05) is 18.4 Å². The van der Waals surface area contributed by atoms with Crippen LogP contribution in [0.3, 0.4) is 0 Å². The first-order valence-electron chi connectivity index (χ1n) is 8.75. The molecule has 0 spiro atoms. The van der Waals surface area contributed by atoms with E-state index in [0.717, 1.165) is 25.9 Å². The van der Waals surface area contributed by atoms with Gasteiger partial charge in [0.15, 0.2) is 5.69 Å². The van der Waals surface area contributed by atoms with Gasteiger partial charge in [0, 0.05) is 25.0 Å². The summed E-state index contributed by atoms with van der Waals surface area (Å²) in [6, 6.07) is 14.0. The fourth-order valence-electron chi connectivity index (χ4n) is 3.24. The van der Waals surface area contributed by atoms with Crippen molar-refractivity contribution in [2.24, 2.45) is 0 Å². The smallest absolute Gasteiger partial charge is 0.292 e. The zero-order valence-electron chi connectivity index (χ0n) is 14.6. The molecule has 0 bridgehead atoms. The van der Waals surface area contributed by atoms with E-state index in [1.54, 1.807) is 51.9 Å². The van der Waals surface area contributed by atoms with E-state index in [1.807, 2.05) is 12.1 Å². The summed E-state index contributed by atoms with van der Waals surface area (Å²) in [6.45, 7) is 1.44. The normalized spacial score (nSPS) is 13.5. The number of imidazole rings is 1. The van der Waals surface area contributed by atoms with Crippen LogP contribution in [0.2, 0.25) is 0 Å². The van der Waals surface area contributed by atoms with Crippen molar-refractivity contribution in [2.45, 2.75) is 12.8 Å². The Hall–Kier alpha value is -3.66. The zero-order chi connectivity index (χ0) is 18.8. The van der Waals surface area contributed by atoms with Crippen LogP contribution in [0, 0.1) is 11.3 Å². The number of anilines is 1. The maximum atomic E-state index is 12.8. The zero-order valence-corrected chi connectivity index (χ0v) is 14.6. The topological polar surface area (TPSA) is 90.5 Å². The molecule has 1 N–H and O–H groups in total. The third-order valence-corrected chi connectivity index (χ3v) is 4.62. The van der Waals surface area contributed by atoms with Gasteiger partial charge >= 0.3 is 0 Å². The standard InChI is InChI=1S/C20H17N5O2/c21-13-14-6-8-15(9-7-14)22-19(26)18-23-17(16-5-1-2-12-25(16)18)20(27)24-10-3-4-11-24/h1-2,5-9,12H,3-4,10-11H2,(H,22,26). The molecule has 2 amide bonds. The van der Waals surface area contributed by atoms with Gasteiger partial charge in [0.1, 0.15) is 0 Å². The van der Waals surface area contributed by atoms with E-state index in [0.29, 0.717) is 22.5 Å². The number of rotatable bonds is 3. The van der Waals surface area contributed by atoms with Gasteiger partial charge in [-0.3, -0.25) is 14.0 Å². The molecule has 0 saturated carbocycles. The molecule has 2 aromatic heterocycles. The summed E-state index contributed by atoms with van der Waals surface area (Å²) >= 11 is 0. The number of hydrogen-bond acceptors (Lipinski definition) is 4. The molecule has 1 aliphatic heterocycles. The number of pyridine rings is 1. The van der Waals surface area contributed by atoms with Crippen molar-refractivity contribution in [1.82, 2.24) is 14.3 Å². The molecule has 7 heteroatoms. The van der Waals surface area contributed by atoms with Crippen LogP contribution in [-0.2, 0) is 0 Å². The first kappa shape index (κ1) is 16.8. The van der Waals surface area contributed by atoms with Crippen LogP contribution in [0.5, 0.6) is 0 Å². The van der Waals surface area contributed by atoms with Crippen LogP contribution in [0.25, 0.3) is 5.52 Å². The van der Waals surface area contributed by atoms with Gasteiger partial charge in [-0.2, -0.15) is 5.26 Å². The van der Waals surface area contributed by atoms with Crippen molar-refractivity contribution in [1.29, 1.82) is 5.26 Å². The van der Waals surface area contributed by atoms with E-state index >= 15 is 0 Å². The van der Waals surface area contributed by atoms with Crippen molar-refractivity contribution in [3.63, 3.8) is 0 Å². The highest BCUT2D eigenvalue weighted by molar-refractivity contribution is 6.06. The number of likely N-dealkylation sites (tertiary alicyclic amines) is 1. The Kier molecular flexibility index (Phi) is 4.30. The number of benzene rings is 1. The Morgan fingerprint density at radius 1 is 1.07 bits per heavy atom. The Morgan fingerprint density at radius 2 is 1.81 bits per heavy atom. The number of aromatic nitrogens is 2. The number of amides is 2. The molecule has 7 nitrogen and oxygen atoms in total. The largest absolute Gasteiger partial charge is 0.337 e. The number of carbonyl (C=O) groups is 2. The second-order valence-electron chi connectivity index (χ2n) is 6.38. The van der Waals surface area contributed by atoms with Gasteiger partial charge in [-0.05, 0) is 49.2 Å². The summed E-state index contributed by atoms with van der Waals surface area (Å²) in [7, 11) is 0. The average molecular weight is 359 g/mol. The van der Waals surface area contributed by atoms with Gasteiger partial charge < -0.3 is 10.2 Å². The monoisotopic (exact) mass is 359 g/mol. The molecule has 0 atom stereocenters. The van der Waals surface area contributed by atoms with Crippen LogP contribution in [-0.4, -0.2) is 39.2 Å². The number of fused-ring (bicyclic) bond motifs is 1. The van der Waals surface area contributed by atoms with Gasteiger partial charge in [-0.15, -0.1) is 0 Å². The highest BCUT2D eigenvalue weighted by Gasteiger charge is 2.26. The fourth-order valence-corrected chi connectivity index (χ4v) is 3.24. The molecule has 0 unspecified atom stereocenters. The van der Waals surface area contributed by atoms with E-state index in [4.69, 9.17) is 5.26 Å². The Balaban J connectivity index is 1.67. The van der Waals surface area contributed by atoms with Crippen LogP contribution in [0.15, 0.2) is 48.7 Å². The molecule has 3 heterocycles. The van der Waals surface area contributed by atoms with E-state index in [1.165, 1.54) is 0 Å². The lowest BCUT2D eigenvalue weighted by Crippen LogP contribution is -2.28. The molecule has 3 aromatic rings. The first-order chi connectivity index (χ1) is 13.2. The second kappa shape index (κ2) is 6.92. The molecule has 134 valence electrons. The summed E-state index contributed by atoms with van der Waals surface area (Å²) < 4.78 is 1.63. The van der Waals surface area contributed by atoms with E-state index in [9.17, 15) is 9.59 Å². The minimum Gasteiger partial charge on any atom is -0.337 e. The minimum atomic E-state index is -0.415. The predicted molar refractivity (Wildman–Crippen MR) is 99.4 cm³/mol. The SMILES string of the molecule is N#Cc1ccc(NC(=O)c2nc(C(=O)N3CCCC3)c3ccccn23)cc1. The van der Waals surface area contributed by atoms with Crippen LogP contribution < -0.4 is 5.32 Å². The molecule has 27 heavy (non-hydrogen) atoms. The molecular weight excluding hydrogens is 342 g/mol. The fraction of sp³-hybridized carbons (Fsp3) is 0.200. The molecular formula is C20H17N5O2. The number of nitriles is 1. The van der Waals surface area contributed by atoms with E-state index in [-0.39, 0.29) is 11.7 Å². The van der Waals surface area contributed by atoms with Crippen LogP contribution in [0.4, 0.5) is 5.69 Å². The van der Waals surface area contributed by atoms with Gasteiger partial charge in [0.2, 0.25) is 5.82 Å². The highest BCUT2D eigenvalue weighted by Crippen LogP contribution is 2.19. The second-order valence-corrected chi connectivity index (χ2v) is 6.38. The van der Waals surface area contributed by atoms with Crippen LogP contribution >= 0.6 is 0 Å². The maximum absolute atomic E-state index is 12.8. The number of nitrogens with one attached hydrogen (secondary N) is 1. The molecule has 1 fully saturated rings. The number of nitrogens with zero attached hydrogens (tertiary/aromatic N) is 4. The van der Waals surface area contributed by atoms with Gasteiger partial charge in [-0.1, -0.05) is 6.07 Å². The third kappa shape index (κ3) is 3.13. The molecule has 1 saturated heterocycles. The summed E-state index contributed by atoms with van der Waals surface area (Å²) in [6.07, 6.45) is 3.70. The molecule has 0 radical (unpaired) electrons. The van der Waals surface area contributed by atoms with Crippen molar-refractivity contribution >= 4 is 23.0 Å². The summed E-state index contributed by atoms with van der Waals surface area (Å²) in [4.78, 5) is 31.7. The summed E-state index contributed by atoms with van der Waals surface area (Å²) in [5.41, 5.74) is 1.97. The Bertz CT molecular complexity index is 1060. The van der Waals surface area contributed by atoms with Gasteiger partial charge in [0.05, 0.1) is 17.1 Å². The first-order valence-corrected chi connectivity index (χ1v) is 8.75. The molecule has 4 rings (SSSR count). The van der Waals surface area contributed by atoms with Crippen molar-refractivity contribution < 1.29 is 9.59 Å². The van der Waals surface area contributed by atoms with Crippen LogP contribution in [0.1, 0.15) is 39.5 Å². The number of hydrogen-bond donors (Lipinski definition) is 1. The maximum Gasteiger partial charge on any atom is 0.292 e. The summed E-state index contributed by atoms with van der Waals surface area (Å²) in [5.74, 6) is -0.410. The molecule has 0 aliphatic carbocycles. The lowest BCUT2D eigenvalue weighted by molar-refractivity contribution is 0.0789. The average Bonchev–Trinajstić information content (AvgIpc) is 3.36. The van der Waals surface area contributed by atoms with Crippen molar-refractivity contribution in [3.8, 4) is 6.07 Å². The van der Waals surface area contributed by atoms with E-state index < -0.39 is 5.91 Å². The minimum absolute atomic E-state index is 0.145. The van der Waals surface area contributed by atoms with Crippen molar-refractivity contribution in [3.05, 3.63) is 65.7 Å². The third-order valence-electron chi connectivity index (χ3n) is 4.62. The van der Waals surface area contributed by atoms with E-state index in [2.05, 4.69) is 10.3 Å². The lowest BCUT2D eigenvalue weighted by Gasteiger charge is -2.13. The molecule has 1 aromatic carbocycles. The molecule has 1 aliphatic rings. The van der Waals surface area contributed by atoms with Gasteiger partial charge in [0.25, 0.3) is 11.8 Å². The number of carbonyl (C=O) groups excluding carboxylic acids is 2. The summed E-state index contributed by atoms with van der Waals surface area (Å²) in [5, 5.41) is 11.6. The Morgan fingerprint density at radius 3 is 2.52 bits per heavy atom. The quantitative estimate of drug-likeness (QED) is 0.778. The predicted octanol–water partition coefficient (Wildman–Crippen LogP) is 2.69. The highest BCUT2D eigenvalue weighted by atomic mass is 16.2.